The number of fused-ring (bicyclic) bond motifs is 1. The van der Waals surface area contributed by atoms with Crippen LogP contribution in [-0.4, -0.2) is 6.29 Å². The van der Waals surface area contributed by atoms with Crippen molar-refractivity contribution in [3.8, 4) is 11.8 Å². The van der Waals surface area contributed by atoms with Crippen molar-refractivity contribution in [2.45, 2.75) is 0 Å². The number of thiophene rings is 1. The molecule has 2 heteroatoms. The summed E-state index contributed by atoms with van der Waals surface area (Å²) in [5, 5.41) is 3.23. The second kappa shape index (κ2) is 3.42. The molecule has 0 saturated heterocycles. The first-order chi connectivity index (χ1) is 6.40. The predicted octanol–water partition coefficient (Wildman–Crippen LogP) is 2.45. The lowest BCUT2D eigenvalue weighted by atomic mass is 10.2. The molecule has 62 valence electrons. The molecule has 1 aromatic heterocycles. The summed E-state index contributed by atoms with van der Waals surface area (Å²) >= 11 is 1.70. The van der Waals surface area contributed by atoms with E-state index in [0.717, 1.165) is 5.56 Å². The van der Waals surface area contributed by atoms with Gasteiger partial charge in [0.2, 0.25) is 0 Å². The molecule has 0 unspecified atom stereocenters. The summed E-state index contributed by atoms with van der Waals surface area (Å²) in [6.07, 6.45) is 0.609. The number of carbonyl (C=O) groups excluding carboxylic acids is 1. The van der Waals surface area contributed by atoms with Crippen molar-refractivity contribution >= 4 is 27.7 Å². The summed E-state index contributed by atoms with van der Waals surface area (Å²) < 4.78 is 1.25. The Hall–Kier alpha value is -1.59. The molecule has 0 amide bonds. The van der Waals surface area contributed by atoms with Crippen molar-refractivity contribution in [3.05, 3.63) is 35.2 Å². The Labute approximate surface area is 80.0 Å². The molecule has 0 atom stereocenters. The van der Waals surface area contributed by atoms with Crippen LogP contribution >= 0.6 is 11.3 Å². The summed E-state index contributed by atoms with van der Waals surface area (Å²) in [6, 6.07) is 7.98. The number of hydrogen-bond acceptors (Lipinski definition) is 2. The van der Waals surface area contributed by atoms with Crippen LogP contribution in [0.4, 0.5) is 0 Å². The van der Waals surface area contributed by atoms with E-state index in [9.17, 15) is 4.79 Å². The molecule has 0 fully saturated rings. The second-order valence-electron chi connectivity index (χ2n) is 2.56. The van der Waals surface area contributed by atoms with Gasteiger partial charge in [-0.15, -0.1) is 11.3 Å². The maximum Gasteiger partial charge on any atom is 0.193 e. The van der Waals surface area contributed by atoms with E-state index in [0.29, 0.717) is 6.29 Å². The Balaban J connectivity index is 2.54. The van der Waals surface area contributed by atoms with Gasteiger partial charge >= 0.3 is 0 Å². The average molecular weight is 186 g/mol. The van der Waals surface area contributed by atoms with E-state index in [-0.39, 0.29) is 0 Å². The lowest BCUT2D eigenvalue weighted by Gasteiger charge is -1.89. The van der Waals surface area contributed by atoms with Crippen LogP contribution in [0.25, 0.3) is 10.1 Å². The van der Waals surface area contributed by atoms with Crippen molar-refractivity contribution in [3.63, 3.8) is 0 Å². The molecule has 0 saturated carbocycles. The second-order valence-corrected chi connectivity index (χ2v) is 3.51. The van der Waals surface area contributed by atoms with Gasteiger partial charge in [-0.2, -0.15) is 0 Å². The van der Waals surface area contributed by atoms with Gasteiger partial charge in [0.25, 0.3) is 0 Å². The molecule has 0 bridgehead atoms. The third kappa shape index (κ3) is 1.61. The molecule has 0 aliphatic carbocycles. The quantitative estimate of drug-likeness (QED) is 0.456. The SMILES string of the molecule is O=CC#Cc1ccc2sccc2c1. The largest absolute Gasteiger partial charge is 0.289 e. The predicted molar refractivity (Wildman–Crippen MR) is 54.8 cm³/mol. The van der Waals surface area contributed by atoms with E-state index >= 15 is 0 Å². The van der Waals surface area contributed by atoms with Crippen LogP contribution in [-0.2, 0) is 4.79 Å². The Kier molecular flexibility index (Phi) is 2.11. The van der Waals surface area contributed by atoms with Crippen LogP contribution in [0.2, 0.25) is 0 Å². The van der Waals surface area contributed by atoms with Gasteiger partial charge in [-0.05, 0) is 41.0 Å². The average Bonchev–Trinajstić information content (AvgIpc) is 2.61. The monoisotopic (exact) mass is 186 g/mol. The van der Waals surface area contributed by atoms with Crippen molar-refractivity contribution in [1.82, 2.24) is 0 Å². The molecule has 1 nitrogen and oxygen atoms in total. The third-order valence-electron chi connectivity index (χ3n) is 1.73. The van der Waals surface area contributed by atoms with Gasteiger partial charge in [0, 0.05) is 10.3 Å². The van der Waals surface area contributed by atoms with E-state index in [4.69, 9.17) is 0 Å². The summed E-state index contributed by atoms with van der Waals surface area (Å²) in [5.74, 6) is 5.16. The smallest absolute Gasteiger partial charge is 0.193 e. The lowest BCUT2D eigenvalue weighted by Crippen LogP contribution is -1.72. The van der Waals surface area contributed by atoms with Gasteiger partial charge in [-0.1, -0.05) is 5.92 Å². The molecular weight excluding hydrogens is 180 g/mol. The van der Waals surface area contributed by atoms with E-state index < -0.39 is 0 Å². The zero-order chi connectivity index (χ0) is 9.10. The van der Waals surface area contributed by atoms with Crippen molar-refractivity contribution in [2.75, 3.05) is 0 Å². The Morgan fingerprint density at radius 3 is 3.08 bits per heavy atom. The van der Waals surface area contributed by atoms with E-state index in [1.165, 1.54) is 10.1 Å². The minimum absolute atomic E-state index is 0.609. The molecule has 13 heavy (non-hydrogen) atoms. The van der Waals surface area contributed by atoms with Gasteiger partial charge in [0.1, 0.15) is 0 Å². The van der Waals surface area contributed by atoms with Gasteiger partial charge in [-0.25, -0.2) is 0 Å². The van der Waals surface area contributed by atoms with Gasteiger partial charge in [-0.3, -0.25) is 4.79 Å². The molecule has 0 spiro atoms. The minimum atomic E-state index is 0.609. The summed E-state index contributed by atoms with van der Waals surface area (Å²) in [4.78, 5) is 10.0. The van der Waals surface area contributed by atoms with Gasteiger partial charge in [0.05, 0.1) is 0 Å². The van der Waals surface area contributed by atoms with Crippen LogP contribution < -0.4 is 0 Å². The molecule has 0 N–H and O–H groups in total. The van der Waals surface area contributed by atoms with Crippen LogP contribution in [0.15, 0.2) is 29.6 Å². The molecule has 1 heterocycles. The fourth-order valence-corrected chi connectivity index (χ4v) is 1.93. The number of hydrogen-bond donors (Lipinski definition) is 0. The van der Waals surface area contributed by atoms with Gasteiger partial charge in [0.15, 0.2) is 6.29 Å². The first-order valence-electron chi connectivity index (χ1n) is 3.82. The summed E-state index contributed by atoms with van der Waals surface area (Å²) in [7, 11) is 0. The van der Waals surface area contributed by atoms with Crippen molar-refractivity contribution in [2.24, 2.45) is 0 Å². The summed E-state index contributed by atoms with van der Waals surface area (Å²) in [6.45, 7) is 0. The number of carbonyl (C=O) groups is 1. The zero-order valence-corrected chi connectivity index (χ0v) is 7.60. The first kappa shape index (κ1) is 8.03. The standard InChI is InChI=1S/C11H6OS/c12-6-1-2-9-3-4-11-10(8-9)5-7-13-11/h3-8H. The minimum Gasteiger partial charge on any atom is -0.289 e. The maximum absolute atomic E-state index is 10.0. The number of aldehydes is 1. The number of rotatable bonds is 0. The number of benzene rings is 1. The topological polar surface area (TPSA) is 17.1 Å². The Bertz CT molecular complexity index is 499. The highest BCUT2D eigenvalue weighted by Gasteiger charge is 1.94. The van der Waals surface area contributed by atoms with E-state index in [1.54, 1.807) is 11.3 Å². The molecular formula is C11H6OS. The fourth-order valence-electron chi connectivity index (χ4n) is 1.16. The van der Waals surface area contributed by atoms with Crippen molar-refractivity contribution < 1.29 is 4.79 Å². The first-order valence-corrected chi connectivity index (χ1v) is 4.70. The molecule has 0 radical (unpaired) electrons. The Morgan fingerprint density at radius 1 is 1.31 bits per heavy atom. The highest BCUT2D eigenvalue weighted by molar-refractivity contribution is 7.17. The third-order valence-corrected chi connectivity index (χ3v) is 2.63. The highest BCUT2D eigenvalue weighted by atomic mass is 32.1. The maximum atomic E-state index is 10.0. The Morgan fingerprint density at radius 2 is 2.23 bits per heavy atom. The van der Waals surface area contributed by atoms with Crippen LogP contribution in [0.3, 0.4) is 0 Å². The van der Waals surface area contributed by atoms with Gasteiger partial charge < -0.3 is 0 Å². The van der Waals surface area contributed by atoms with E-state index in [2.05, 4.69) is 11.8 Å². The van der Waals surface area contributed by atoms with Crippen LogP contribution in [0, 0.1) is 11.8 Å². The highest BCUT2D eigenvalue weighted by Crippen LogP contribution is 2.21. The van der Waals surface area contributed by atoms with Crippen LogP contribution in [0.5, 0.6) is 0 Å². The van der Waals surface area contributed by atoms with E-state index in [1.807, 2.05) is 29.6 Å². The van der Waals surface area contributed by atoms with Crippen LogP contribution in [0.1, 0.15) is 5.56 Å². The normalized spacial score (nSPS) is 9.23. The molecule has 0 aliphatic rings. The zero-order valence-electron chi connectivity index (χ0n) is 6.78. The van der Waals surface area contributed by atoms with Crippen molar-refractivity contribution in [1.29, 1.82) is 0 Å². The molecule has 0 aliphatic heterocycles. The summed E-state index contributed by atoms with van der Waals surface area (Å²) in [5.41, 5.74) is 0.887. The lowest BCUT2D eigenvalue weighted by molar-refractivity contribution is -0.103. The molecule has 2 rings (SSSR count). The fraction of sp³-hybridized carbons (Fsp3) is 0. The molecule has 2 aromatic rings. The molecule has 1 aromatic carbocycles.